The van der Waals surface area contributed by atoms with E-state index in [-0.39, 0.29) is 0 Å². The van der Waals surface area contributed by atoms with Crippen LogP contribution in [0.15, 0.2) is 98.1 Å². The lowest BCUT2D eigenvalue weighted by molar-refractivity contribution is 1.54. The largest absolute Gasteiger partial charge is 0.355 e. The van der Waals surface area contributed by atoms with Crippen LogP contribution in [-0.2, 0) is 0 Å². The van der Waals surface area contributed by atoms with E-state index in [0.29, 0.717) is 0 Å². The first-order valence-electron chi connectivity index (χ1n) is 10.0. The van der Waals surface area contributed by atoms with E-state index in [1.807, 2.05) is 24.3 Å². The van der Waals surface area contributed by atoms with Crippen molar-refractivity contribution in [3.05, 3.63) is 109 Å². The highest BCUT2D eigenvalue weighted by Gasteiger charge is 2.05. The topological polar surface area (TPSA) is 31.6 Å². The second-order valence-electron chi connectivity index (χ2n) is 7.32. The SMILES string of the molecule is C=Cc1ccc2[nH]c3ccccc3c2c1.C=Cc1cccc2[nH]c3ccccc3c12. The summed E-state index contributed by atoms with van der Waals surface area (Å²) in [6, 6.07) is 29.3. The third-order valence-corrected chi connectivity index (χ3v) is 5.55. The van der Waals surface area contributed by atoms with E-state index < -0.39 is 0 Å². The number of H-pyrrole nitrogens is 2. The molecule has 2 nitrogen and oxygen atoms in total. The molecule has 0 aliphatic heterocycles. The van der Waals surface area contributed by atoms with Gasteiger partial charge in [-0.1, -0.05) is 79.9 Å². The Labute approximate surface area is 175 Å². The second kappa shape index (κ2) is 7.41. The monoisotopic (exact) mass is 386 g/mol. The van der Waals surface area contributed by atoms with Crippen molar-refractivity contribution in [1.29, 1.82) is 0 Å². The molecule has 0 bridgehead atoms. The smallest absolute Gasteiger partial charge is 0.0470 e. The molecule has 6 aromatic rings. The van der Waals surface area contributed by atoms with Gasteiger partial charge in [0.1, 0.15) is 0 Å². The minimum absolute atomic E-state index is 1.16. The van der Waals surface area contributed by atoms with Crippen molar-refractivity contribution >= 4 is 55.8 Å². The van der Waals surface area contributed by atoms with Crippen molar-refractivity contribution in [2.75, 3.05) is 0 Å². The summed E-state index contributed by atoms with van der Waals surface area (Å²) in [6.45, 7) is 7.65. The standard InChI is InChI=1S/2C14H11N/c1-2-10-6-5-9-13-14(10)11-7-3-4-8-12(11)15-13;1-2-10-7-8-14-12(9-10)11-5-3-4-6-13(11)15-14/h2*2-9,15H,1H2. The molecule has 0 atom stereocenters. The number of para-hydroxylation sites is 2. The molecule has 0 saturated heterocycles. The molecule has 0 fully saturated rings. The van der Waals surface area contributed by atoms with Crippen LogP contribution in [-0.4, -0.2) is 9.97 Å². The lowest BCUT2D eigenvalue weighted by atomic mass is 10.1. The van der Waals surface area contributed by atoms with Crippen molar-refractivity contribution in [2.45, 2.75) is 0 Å². The molecule has 2 heterocycles. The maximum atomic E-state index is 3.85. The summed E-state index contributed by atoms with van der Waals surface area (Å²) < 4.78 is 0. The molecule has 0 saturated carbocycles. The fraction of sp³-hybridized carbons (Fsp3) is 0. The number of hydrogen-bond donors (Lipinski definition) is 2. The minimum atomic E-state index is 1.16. The number of aromatic nitrogens is 2. The Morgan fingerprint density at radius 3 is 1.93 bits per heavy atom. The van der Waals surface area contributed by atoms with Crippen LogP contribution < -0.4 is 0 Å². The van der Waals surface area contributed by atoms with Gasteiger partial charge in [0.25, 0.3) is 0 Å². The van der Waals surface area contributed by atoms with Crippen molar-refractivity contribution < 1.29 is 0 Å². The molecule has 0 amide bonds. The molecule has 0 aliphatic carbocycles. The van der Waals surface area contributed by atoms with Crippen LogP contribution in [0.5, 0.6) is 0 Å². The van der Waals surface area contributed by atoms with Crippen molar-refractivity contribution in [1.82, 2.24) is 9.97 Å². The zero-order valence-corrected chi connectivity index (χ0v) is 16.7. The van der Waals surface area contributed by atoms with E-state index in [2.05, 4.69) is 95.9 Å². The van der Waals surface area contributed by atoms with Crippen molar-refractivity contribution in [3.63, 3.8) is 0 Å². The van der Waals surface area contributed by atoms with Gasteiger partial charge in [-0.15, -0.1) is 0 Å². The van der Waals surface area contributed by atoms with Crippen LogP contribution in [0, 0.1) is 0 Å². The summed E-state index contributed by atoms with van der Waals surface area (Å²) in [5.41, 5.74) is 7.07. The average molecular weight is 386 g/mol. The van der Waals surface area contributed by atoms with Crippen LogP contribution in [0.1, 0.15) is 11.1 Å². The van der Waals surface area contributed by atoms with Crippen LogP contribution >= 0.6 is 0 Å². The van der Waals surface area contributed by atoms with E-state index >= 15 is 0 Å². The van der Waals surface area contributed by atoms with E-state index in [0.717, 1.165) is 5.56 Å². The maximum Gasteiger partial charge on any atom is 0.0470 e. The van der Waals surface area contributed by atoms with Gasteiger partial charge in [0.2, 0.25) is 0 Å². The summed E-state index contributed by atoms with van der Waals surface area (Å²) in [6.07, 6.45) is 3.78. The third kappa shape index (κ3) is 2.99. The first kappa shape index (κ1) is 18.0. The number of rotatable bonds is 2. The molecule has 0 radical (unpaired) electrons. The van der Waals surface area contributed by atoms with Crippen LogP contribution in [0.3, 0.4) is 0 Å². The van der Waals surface area contributed by atoms with E-state index in [4.69, 9.17) is 0 Å². The Kier molecular flexibility index (Phi) is 4.45. The highest BCUT2D eigenvalue weighted by atomic mass is 14.7. The number of fused-ring (bicyclic) bond motifs is 6. The van der Waals surface area contributed by atoms with Gasteiger partial charge >= 0.3 is 0 Å². The second-order valence-corrected chi connectivity index (χ2v) is 7.32. The Morgan fingerprint density at radius 1 is 0.533 bits per heavy atom. The van der Waals surface area contributed by atoms with Crippen molar-refractivity contribution in [3.8, 4) is 0 Å². The normalized spacial score (nSPS) is 10.9. The molecule has 6 rings (SSSR count). The lowest BCUT2D eigenvalue weighted by Gasteiger charge is -1.96. The molecule has 2 heteroatoms. The quantitative estimate of drug-likeness (QED) is 0.303. The Hall–Kier alpha value is -4.04. The molecule has 0 aliphatic rings. The predicted octanol–water partition coefficient (Wildman–Crippen LogP) is 7.93. The Balaban J connectivity index is 0.000000128. The zero-order valence-electron chi connectivity index (χ0n) is 16.7. The molecule has 2 aromatic heterocycles. The predicted molar refractivity (Wildman–Crippen MR) is 132 cm³/mol. The maximum absolute atomic E-state index is 3.85. The lowest BCUT2D eigenvalue weighted by Crippen LogP contribution is -1.73. The molecule has 2 N–H and O–H groups in total. The van der Waals surface area contributed by atoms with Gasteiger partial charge < -0.3 is 9.97 Å². The zero-order chi connectivity index (χ0) is 20.5. The molecule has 30 heavy (non-hydrogen) atoms. The van der Waals surface area contributed by atoms with Gasteiger partial charge in [-0.2, -0.15) is 0 Å². The van der Waals surface area contributed by atoms with Crippen LogP contribution in [0.25, 0.3) is 55.8 Å². The first-order chi connectivity index (χ1) is 14.8. The number of hydrogen-bond acceptors (Lipinski definition) is 0. The summed E-state index contributed by atoms with van der Waals surface area (Å²) in [4.78, 5) is 6.80. The fourth-order valence-corrected chi connectivity index (χ4v) is 4.09. The van der Waals surface area contributed by atoms with Gasteiger partial charge in [0, 0.05) is 43.6 Å². The van der Waals surface area contributed by atoms with E-state index in [9.17, 15) is 0 Å². The van der Waals surface area contributed by atoms with Gasteiger partial charge in [-0.05, 0) is 41.5 Å². The highest BCUT2D eigenvalue weighted by molar-refractivity contribution is 6.11. The highest BCUT2D eigenvalue weighted by Crippen LogP contribution is 2.28. The van der Waals surface area contributed by atoms with E-state index in [1.54, 1.807) is 0 Å². The molecule has 0 unspecified atom stereocenters. The average Bonchev–Trinajstić information content (AvgIpc) is 3.37. The minimum Gasteiger partial charge on any atom is -0.355 e. The number of aromatic amines is 2. The summed E-state index contributed by atoms with van der Waals surface area (Å²) in [5, 5.41) is 5.07. The van der Waals surface area contributed by atoms with Gasteiger partial charge in [-0.3, -0.25) is 0 Å². The molecular formula is C28H22N2. The van der Waals surface area contributed by atoms with Crippen LogP contribution in [0.2, 0.25) is 0 Å². The molecule has 0 spiro atoms. The van der Waals surface area contributed by atoms with E-state index in [1.165, 1.54) is 49.2 Å². The molecule has 4 aromatic carbocycles. The van der Waals surface area contributed by atoms with Crippen LogP contribution in [0.4, 0.5) is 0 Å². The summed E-state index contributed by atoms with van der Waals surface area (Å²) in [7, 11) is 0. The Morgan fingerprint density at radius 2 is 1.17 bits per heavy atom. The third-order valence-electron chi connectivity index (χ3n) is 5.55. The molecule has 144 valence electrons. The number of benzene rings is 4. The van der Waals surface area contributed by atoms with Gasteiger partial charge in [-0.25, -0.2) is 0 Å². The van der Waals surface area contributed by atoms with Crippen molar-refractivity contribution in [2.24, 2.45) is 0 Å². The Bertz CT molecular complexity index is 1530. The number of nitrogens with one attached hydrogen (secondary N) is 2. The summed E-state index contributed by atoms with van der Waals surface area (Å²) in [5.74, 6) is 0. The van der Waals surface area contributed by atoms with Gasteiger partial charge in [0.15, 0.2) is 0 Å². The molecular weight excluding hydrogens is 364 g/mol. The van der Waals surface area contributed by atoms with Gasteiger partial charge in [0.05, 0.1) is 0 Å². The first-order valence-corrected chi connectivity index (χ1v) is 10.0. The fourth-order valence-electron chi connectivity index (χ4n) is 4.09. The summed E-state index contributed by atoms with van der Waals surface area (Å²) >= 11 is 0.